The molecule has 1 atom stereocenters. The van der Waals surface area contributed by atoms with E-state index in [1.807, 2.05) is 18.5 Å². The van der Waals surface area contributed by atoms with Gasteiger partial charge in [-0.1, -0.05) is 12.8 Å². The lowest BCUT2D eigenvalue weighted by atomic mass is 9.83. The predicted octanol–water partition coefficient (Wildman–Crippen LogP) is 2.55. The molecule has 1 aromatic heterocycles. The maximum atomic E-state index is 5.75. The van der Waals surface area contributed by atoms with Crippen molar-refractivity contribution in [2.75, 3.05) is 33.4 Å². The summed E-state index contributed by atoms with van der Waals surface area (Å²) in [6.07, 6.45) is 8.75. The van der Waals surface area contributed by atoms with Crippen LogP contribution in [0.25, 0.3) is 0 Å². The van der Waals surface area contributed by atoms with E-state index in [-0.39, 0.29) is 30.1 Å². The number of aromatic nitrogens is 3. The Balaban J connectivity index is 0.00000300. The third kappa shape index (κ3) is 7.06. The van der Waals surface area contributed by atoms with Crippen LogP contribution in [0.2, 0.25) is 0 Å². The highest BCUT2D eigenvalue weighted by Gasteiger charge is 2.33. The van der Waals surface area contributed by atoms with Crippen LogP contribution in [0.1, 0.15) is 56.6 Å². The van der Waals surface area contributed by atoms with E-state index in [0.29, 0.717) is 12.0 Å². The van der Waals surface area contributed by atoms with Crippen LogP contribution in [-0.4, -0.2) is 60.2 Å². The topological polar surface area (TPSA) is 85.6 Å². The van der Waals surface area contributed by atoms with Gasteiger partial charge < -0.3 is 24.7 Å². The molecule has 166 valence electrons. The fourth-order valence-electron chi connectivity index (χ4n) is 4.16. The first kappa shape index (κ1) is 24.3. The Bertz CT molecular complexity index is 639. The van der Waals surface area contributed by atoms with Crippen LogP contribution in [0.3, 0.4) is 0 Å². The maximum absolute atomic E-state index is 5.75. The number of guanidine groups is 1. The van der Waals surface area contributed by atoms with Crippen molar-refractivity contribution in [3.8, 4) is 0 Å². The average molecular weight is 520 g/mol. The molecule has 29 heavy (non-hydrogen) atoms. The highest BCUT2D eigenvalue weighted by molar-refractivity contribution is 14.0. The molecule has 0 aromatic carbocycles. The normalized spacial score (nSPS) is 21.2. The fourth-order valence-corrected chi connectivity index (χ4v) is 4.16. The van der Waals surface area contributed by atoms with Gasteiger partial charge in [-0.3, -0.25) is 0 Å². The summed E-state index contributed by atoms with van der Waals surface area (Å²) < 4.78 is 13.1. The summed E-state index contributed by atoms with van der Waals surface area (Å²) in [4.78, 5) is 4.79. The number of hydrogen-bond acceptors (Lipinski definition) is 5. The van der Waals surface area contributed by atoms with E-state index in [2.05, 4.69) is 20.8 Å². The van der Waals surface area contributed by atoms with Crippen molar-refractivity contribution in [3.05, 3.63) is 11.6 Å². The molecule has 1 saturated carbocycles. The molecule has 0 radical (unpaired) electrons. The number of aryl methyl sites for hydroxylation is 1. The molecule has 2 aliphatic rings. The lowest BCUT2D eigenvalue weighted by molar-refractivity contribution is 0.113. The molecular weight excluding hydrogens is 483 g/mol. The maximum Gasteiger partial charge on any atom is 0.191 e. The number of nitrogens with one attached hydrogen (secondary N) is 2. The lowest BCUT2D eigenvalue weighted by Gasteiger charge is -2.30. The minimum Gasteiger partial charge on any atom is -0.385 e. The molecule has 1 saturated heterocycles. The highest BCUT2D eigenvalue weighted by atomic mass is 127. The molecule has 0 bridgehead atoms. The summed E-state index contributed by atoms with van der Waals surface area (Å²) in [5.74, 6) is 2.60. The first-order chi connectivity index (χ1) is 13.6. The van der Waals surface area contributed by atoms with Gasteiger partial charge in [0.2, 0.25) is 0 Å². The van der Waals surface area contributed by atoms with Gasteiger partial charge in [0, 0.05) is 40.5 Å². The Morgan fingerprint density at radius 2 is 2.07 bits per heavy atom. The van der Waals surface area contributed by atoms with Crippen LogP contribution in [0.15, 0.2) is 4.99 Å². The molecule has 1 unspecified atom stereocenters. The summed E-state index contributed by atoms with van der Waals surface area (Å²) >= 11 is 0. The molecule has 1 aliphatic heterocycles. The minimum absolute atomic E-state index is 0. The molecular formula is C20H37IN6O2. The molecule has 2 heterocycles. The van der Waals surface area contributed by atoms with E-state index < -0.39 is 0 Å². The monoisotopic (exact) mass is 520 g/mol. The Morgan fingerprint density at radius 1 is 1.28 bits per heavy atom. The van der Waals surface area contributed by atoms with Gasteiger partial charge >= 0.3 is 0 Å². The van der Waals surface area contributed by atoms with E-state index in [1.165, 1.54) is 25.7 Å². The summed E-state index contributed by atoms with van der Waals surface area (Å²) in [5.41, 5.74) is 0.309. The molecule has 2 N–H and O–H groups in total. The molecule has 8 nitrogen and oxygen atoms in total. The fraction of sp³-hybridized carbons (Fsp3) is 0.850. The van der Waals surface area contributed by atoms with Crippen LogP contribution in [0, 0.1) is 12.3 Å². The molecule has 9 heteroatoms. The number of halogens is 1. The summed E-state index contributed by atoms with van der Waals surface area (Å²) in [5, 5.41) is 15.4. The average Bonchev–Trinajstić information content (AvgIpc) is 3.44. The number of hydrogen-bond donors (Lipinski definition) is 2. The second-order valence-electron chi connectivity index (χ2n) is 8.21. The summed E-state index contributed by atoms with van der Waals surface area (Å²) in [6.45, 7) is 5.85. The van der Waals surface area contributed by atoms with Gasteiger partial charge in [-0.05, 0) is 44.4 Å². The molecule has 1 aromatic rings. The van der Waals surface area contributed by atoms with E-state index in [0.717, 1.165) is 63.2 Å². The van der Waals surface area contributed by atoms with Crippen molar-refractivity contribution in [2.45, 2.75) is 64.5 Å². The van der Waals surface area contributed by atoms with Crippen LogP contribution < -0.4 is 10.6 Å². The largest absolute Gasteiger partial charge is 0.385 e. The second kappa shape index (κ2) is 12.0. The van der Waals surface area contributed by atoms with E-state index >= 15 is 0 Å². The number of ether oxygens (including phenoxy) is 2. The summed E-state index contributed by atoms with van der Waals surface area (Å²) in [6, 6.07) is 0. The van der Waals surface area contributed by atoms with Gasteiger partial charge in [0.25, 0.3) is 0 Å². The zero-order chi connectivity index (χ0) is 19.8. The van der Waals surface area contributed by atoms with Gasteiger partial charge in [-0.15, -0.1) is 34.2 Å². The van der Waals surface area contributed by atoms with Crippen molar-refractivity contribution < 1.29 is 9.47 Å². The smallest absolute Gasteiger partial charge is 0.191 e. The van der Waals surface area contributed by atoms with E-state index in [4.69, 9.17) is 14.5 Å². The molecule has 0 spiro atoms. The Labute approximate surface area is 191 Å². The molecule has 1 aliphatic carbocycles. The lowest BCUT2D eigenvalue weighted by Crippen LogP contribution is -2.45. The zero-order valence-corrected chi connectivity index (χ0v) is 20.4. The van der Waals surface area contributed by atoms with E-state index in [9.17, 15) is 0 Å². The molecule has 3 rings (SSSR count). The standard InChI is InChI=1S/C20H36N6O2.HI/c1-16-24-25-18(26(16)2)14-22-19(21-13-17-7-6-11-28-17)23-15-20(10-12-27-3)8-4-5-9-20;/h17H,4-15H2,1-3H3,(H2,21,22,23);1H. The van der Waals surface area contributed by atoms with Gasteiger partial charge in [-0.25, -0.2) is 4.99 Å². The van der Waals surface area contributed by atoms with Gasteiger partial charge in [0.15, 0.2) is 11.8 Å². The van der Waals surface area contributed by atoms with Gasteiger partial charge in [0.1, 0.15) is 12.4 Å². The number of aliphatic imine (C=N–C) groups is 1. The Morgan fingerprint density at radius 3 is 2.69 bits per heavy atom. The third-order valence-corrected chi connectivity index (χ3v) is 6.21. The van der Waals surface area contributed by atoms with Crippen LogP contribution in [-0.2, 0) is 23.1 Å². The van der Waals surface area contributed by atoms with Crippen molar-refractivity contribution in [1.82, 2.24) is 25.4 Å². The Hall–Kier alpha value is -0.940. The SMILES string of the molecule is COCCC1(CNC(=NCc2nnc(C)n2C)NCC2CCCO2)CCCC1.I. The first-order valence-electron chi connectivity index (χ1n) is 10.6. The Kier molecular flexibility index (Phi) is 10.1. The quantitative estimate of drug-likeness (QED) is 0.296. The number of nitrogens with zero attached hydrogens (tertiary/aromatic N) is 4. The second-order valence-corrected chi connectivity index (χ2v) is 8.21. The molecule has 2 fully saturated rings. The predicted molar refractivity (Wildman–Crippen MR) is 125 cm³/mol. The molecule has 0 amide bonds. The highest BCUT2D eigenvalue weighted by Crippen LogP contribution is 2.40. The number of methoxy groups -OCH3 is 1. The first-order valence-corrected chi connectivity index (χ1v) is 10.6. The minimum atomic E-state index is 0. The van der Waals surface area contributed by atoms with Gasteiger partial charge in [-0.2, -0.15) is 0 Å². The van der Waals surface area contributed by atoms with E-state index in [1.54, 1.807) is 7.11 Å². The van der Waals surface area contributed by atoms with Crippen LogP contribution >= 0.6 is 24.0 Å². The third-order valence-electron chi connectivity index (χ3n) is 6.21. The van der Waals surface area contributed by atoms with Crippen molar-refractivity contribution in [1.29, 1.82) is 0 Å². The van der Waals surface area contributed by atoms with Crippen molar-refractivity contribution in [3.63, 3.8) is 0 Å². The zero-order valence-electron chi connectivity index (χ0n) is 18.1. The number of rotatable bonds is 9. The van der Waals surface area contributed by atoms with Crippen molar-refractivity contribution >= 4 is 29.9 Å². The van der Waals surface area contributed by atoms with Crippen molar-refractivity contribution in [2.24, 2.45) is 17.5 Å². The van der Waals surface area contributed by atoms with Crippen LogP contribution in [0.5, 0.6) is 0 Å². The van der Waals surface area contributed by atoms with Crippen LogP contribution in [0.4, 0.5) is 0 Å². The van der Waals surface area contributed by atoms with Gasteiger partial charge in [0.05, 0.1) is 6.10 Å². The summed E-state index contributed by atoms with van der Waals surface area (Å²) in [7, 11) is 3.76.